The average molecular weight is 359 g/mol. The first kappa shape index (κ1) is 18.2. The molecule has 1 aromatic carbocycles. The maximum absolute atomic E-state index is 12.5. The van der Waals surface area contributed by atoms with E-state index >= 15 is 0 Å². The maximum Gasteiger partial charge on any atom is 0.501 e. The van der Waals surface area contributed by atoms with Crippen LogP contribution in [0.4, 0.5) is 13.2 Å². The summed E-state index contributed by atoms with van der Waals surface area (Å²) in [5, 5.41) is 1.71. The van der Waals surface area contributed by atoms with Gasteiger partial charge < -0.3 is 11.1 Å². The molecule has 0 aliphatic heterocycles. The van der Waals surface area contributed by atoms with Crippen molar-refractivity contribution in [2.24, 2.45) is 5.73 Å². The van der Waals surface area contributed by atoms with Gasteiger partial charge >= 0.3 is 5.51 Å². The molecule has 0 fully saturated rings. The van der Waals surface area contributed by atoms with Crippen molar-refractivity contribution < 1.29 is 31.2 Å². The number of halogens is 4. The Morgan fingerprint density at radius 1 is 1.27 bits per heavy atom. The summed E-state index contributed by atoms with van der Waals surface area (Å²) >= 11 is 5.55. The van der Waals surface area contributed by atoms with Crippen molar-refractivity contribution in [3.63, 3.8) is 0 Å². The van der Waals surface area contributed by atoms with Gasteiger partial charge in [0.1, 0.15) is 6.04 Å². The molecular formula is C11H10ClF3N2O4S. The Hall–Kier alpha value is -1.81. The number of carbonyl (C=O) groups excluding carboxylic acids is 2. The first-order chi connectivity index (χ1) is 9.86. The van der Waals surface area contributed by atoms with Gasteiger partial charge in [0.2, 0.25) is 5.91 Å². The second-order valence-corrected chi connectivity index (χ2v) is 6.60. The van der Waals surface area contributed by atoms with Gasteiger partial charge in [0.05, 0.1) is 4.90 Å². The van der Waals surface area contributed by atoms with Crippen LogP contribution in [0.1, 0.15) is 17.3 Å². The van der Waals surface area contributed by atoms with Crippen molar-refractivity contribution in [2.75, 3.05) is 0 Å². The number of nitrogens with two attached hydrogens (primary N) is 1. The predicted molar refractivity (Wildman–Crippen MR) is 70.8 cm³/mol. The van der Waals surface area contributed by atoms with Gasteiger partial charge in [-0.15, -0.1) is 0 Å². The number of sulfone groups is 1. The topological polar surface area (TPSA) is 106 Å². The summed E-state index contributed by atoms with van der Waals surface area (Å²) in [6.45, 7) is 1.25. The number of hydrogen-bond acceptors (Lipinski definition) is 4. The third-order valence-corrected chi connectivity index (χ3v) is 4.21. The van der Waals surface area contributed by atoms with Gasteiger partial charge in [0.15, 0.2) is 0 Å². The molecule has 0 aromatic heterocycles. The zero-order valence-electron chi connectivity index (χ0n) is 10.9. The van der Waals surface area contributed by atoms with E-state index in [0.29, 0.717) is 12.1 Å². The minimum atomic E-state index is -5.66. The molecule has 0 aliphatic carbocycles. The number of benzene rings is 1. The lowest BCUT2D eigenvalue weighted by Gasteiger charge is -2.12. The van der Waals surface area contributed by atoms with Gasteiger partial charge in [-0.2, -0.15) is 13.2 Å². The molecule has 0 heterocycles. The minimum absolute atomic E-state index is 0.387. The monoisotopic (exact) mass is 358 g/mol. The molecule has 3 N–H and O–H groups in total. The largest absolute Gasteiger partial charge is 0.501 e. The van der Waals surface area contributed by atoms with Crippen LogP contribution in [-0.4, -0.2) is 31.8 Å². The first-order valence-electron chi connectivity index (χ1n) is 5.58. The molecule has 0 spiro atoms. The molecule has 122 valence electrons. The molecule has 1 aromatic rings. The van der Waals surface area contributed by atoms with Crippen LogP contribution in [0.3, 0.4) is 0 Å². The number of alkyl halides is 3. The Labute approximate surface area is 128 Å². The van der Waals surface area contributed by atoms with Crippen molar-refractivity contribution in [3.05, 3.63) is 28.8 Å². The van der Waals surface area contributed by atoms with Gasteiger partial charge in [-0.3, -0.25) is 9.59 Å². The van der Waals surface area contributed by atoms with Crippen LogP contribution in [0.5, 0.6) is 0 Å². The van der Waals surface area contributed by atoms with Gasteiger partial charge in [0.25, 0.3) is 15.7 Å². The van der Waals surface area contributed by atoms with Crippen LogP contribution < -0.4 is 11.1 Å². The summed E-state index contributed by atoms with van der Waals surface area (Å²) in [7, 11) is -5.66. The number of primary amides is 1. The van der Waals surface area contributed by atoms with Gasteiger partial charge in [-0.25, -0.2) is 8.42 Å². The lowest BCUT2D eigenvalue weighted by atomic mass is 10.2. The summed E-state index contributed by atoms with van der Waals surface area (Å²) < 4.78 is 60.2. The van der Waals surface area contributed by atoms with E-state index in [1.54, 1.807) is 0 Å². The minimum Gasteiger partial charge on any atom is -0.368 e. The quantitative estimate of drug-likeness (QED) is 0.844. The second kappa shape index (κ2) is 6.13. The number of hydrogen-bond donors (Lipinski definition) is 2. The smallest absolute Gasteiger partial charge is 0.368 e. The molecular weight excluding hydrogens is 349 g/mol. The Balaban J connectivity index is 3.27. The maximum atomic E-state index is 12.5. The van der Waals surface area contributed by atoms with E-state index < -0.39 is 43.7 Å². The van der Waals surface area contributed by atoms with E-state index in [1.807, 2.05) is 0 Å². The first-order valence-corrected chi connectivity index (χ1v) is 7.44. The molecule has 0 bridgehead atoms. The molecule has 0 aliphatic rings. The standard InChI is InChI=1S/C11H10ClF3N2O4S/c1-5(9(16)18)17-10(19)6-2-7(12)4-8(3-6)22(20,21)11(13,14)15/h2-5H,1H3,(H2,16,18)(H,17,19)/t5-/m0/s1. The van der Waals surface area contributed by atoms with Crippen LogP contribution >= 0.6 is 11.6 Å². The van der Waals surface area contributed by atoms with Crippen molar-refractivity contribution in [3.8, 4) is 0 Å². The highest BCUT2D eigenvalue weighted by Gasteiger charge is 2.47. The molecule has 11 heteroatoms. The lowest BCUT2D eigenvalue weighted by molar-refractivity contribution is -0.119. The van der Waals surface area contributed by atoms with Crippen LogP contribution in [-0.2, 0) is 14.6 Å². The zero-order valence-corrected chi connectivity index (χ0v) is 12.5. The molecule has 0 saturated heterocycles. The second-order valence-electron chi connectivity index (χ2n) is 4.22. The molecule has 1 rings (SSSR count). The molecule has 2 amide bonds. The fourth-order valence-electron chi connectivity index (χ4n) is 1.33. The molecule has 22 heavy (non-hydrogen) atoms. The van der Waals surface area contributed by atoms with Crippen LogP contribution in [0.15, 0.2) is 23.1 Å². The van der Waals surface area contributed by atoms with E-state index in [4.69, 9.17) is 17.3 Å². The molecule has 6 nitrogen and oxygen atoms in total. The van der Waals surface area contributed by atoms with E-state index in [2.05, 4.69) is 5.32 Å². The highest BCUT2D eigenvalue weighted by atomic mass is 35.5. The third kappa shape index (κ3) is 3.89. The number of amides is 2. The Morgan fingerprint density at radius 2 is 1.82 bits per heavy atom. The number of rotatable bonds is 4. The fourth-order valence-corrected chi connectivity index (χ4v) is 2.46. The van der Waals surface area contributed by atoms with Crippen LogP contribution in [0.2, 0.25) is 5.02 Å². The summed E-state index contributed by atoms with van der Waals surface area (Å²) in [5.74, 6) is -1.87. The highest BCUT2D eigenvalue weighted by molar-refractivity contribution is 7.92. The van der Waals surface area contributed by atoms with Crippen molar-refractivity contribution in [1.82, 2.24) is 5.32 Å². The predicted octanol–water partition coefficient (Wildman–Crippen LogP) is 1.24. The van der Waals surface area contributed by atoms with Gasteiger partial charge in [-0.05, 0) is 25.1 Å². The fraction of sp³-hybridized carbons (Fsp3) is 0.273. The summed E-state index contributed by atoms with van der Waals surface area (Å²) in [6.07, 6.45) is 0. The van der Waals surface area contributed by atoms with E-state index in [-0.39, 0.29) is 5.02 Å². The highest BCUT2D eigenvalue weighted by Crippen LogP contribution is 2.32. The Kier molecular flexibility index (Phi) is 5.08. The Bertz CT molecular complexity index is 719. The van der Waals surface area contributed by atoms with Gasteiger partial charge in [0, 0.05) is 10.6 Å². The van der Waals surface area contributed by atoms with E-state index in [1.165, 1.54) is 6.92 Å². The molecule has 1 atom stereocenters. The van der Waals surface area contributed by atoms with Crippen LogP contribution in [0.25, 0.3) is 0 Å². The normalized spacial score (nSPS) is 13.5. The molecule has 0 unspecified atom stereocenters. The van der Waals surface area contributed by atoms with E-state index in [0.717, 1.165) is 6.07 Å². The van der Waals surface area contributed by atoms with Crippen molar-refractivity contribution in [2.45, 2.75) is 23.4 Å². The van der Waals surface area contributed by atoms with Gasteiger partial charge in [-0.1, -0.05) is 11.6 Å². The number of carbonyl (C=O) groups is 2. The lowest BCUT2D eigenvalue weighted by Crippen LogP contribution is -2.42. The van der Waals surface area contributed by atoms with Crippen molar-refractivity contribution >= 4 is 33.3 Å². The summed E-state index contributed by atoms with van der Waals surface area (Å²) in [5.41, 5.74) is -1.07. The summed E-state index contributed by atoms with van der Waals surface area (Å²) in [4.78, 5) is 21.4. The van der Waals surface area contributed by atoms with E-state index in [9.17, 15) is 31.2 Å². The SMILES string of the molecule is C[C@H](NC(=O)c1cc(Cl)cc(S(=O)(=O)C(F)(F)F)c1)C(N)=O. The molecule has 0 radical (unpaired) electrons. The Morgan fingerprint density at radius 3 is 2.27 bits per heavy atom. The summed E-state index contributed by atoms with van der Waals surface area (Å²) in [6, 6.07) is 0.935. The van der Waals surface area contributed by atoms with Crippen molar-refractivity contribution in [1.29, 1.82) is 0 Å². The third-order valence-electron chi connectivity index (χ3n) is 2.52. The number of nitrogens with one attached hydrogen (secondary N) is 1. The van der Waals surface area contributed by atoms with Crippen LogP contribution in [0, 0.1) is 0 Å². The molecule has 0 saturated carbocycles. The zero-order chi connectivity index (χ0) is 17.3. The average Bonchev–Trinajstić information content (AvgIpc) is 2.36.